The van der Waals surface area contributed by atoms with E-state index in [4.69, 9.17) is 5.73 Å². The summed E-state index contributed by atoms with van der Waals surface area (Å²) in [5, 5.41) is 4.51. The van der Waals surface area contributed by atoms with Crippen LogP contribution in [0, 0.1) is 24.7 Å². The summed E-state index contributed by atoms with van der Waals surface area (Å²) in [6, 6.07) is 0. The van der Waals surface area contributed by atoms with Gasteiger partial charge in [-0.3, -0.25) is 4.68 Å². The zero-order valence-electron chi connectivity index (χ0n) is 12.9. The summed E-state index contributed by atoms with van der Waals surface area (Å²) in [6.07, 6.45) is 8.52. The number of nitrogens with two attached hydrogens (primary N) is 1. The van der Waals surface area contributed by atoms with E-state index >= 15 is 0 Å². The molecular weight excluding hydrogens is 248 g/mol. The number of aromatic nitrogens is 2. The summed E-state index contributed by atoms with van der Waals surface area (Å²) >= 11 is 0. The van der Waals surface area contributed by atoms with Crippen molar-refractivity contribution in [3.63, 3.8) is 0 Å². The van der Waals surface area contributed by atoms with Crippen LogP contribution in [0.15, 0.2) is 0 Å². The molecule has 2 N–H and O–H groups in total. The minimum atomic E-state index is 0.350. The summed E-state index contributed by atoms with van der Waals surface area (Å²) in [5.74, 6) is 4.00. The number of hydrogen-bond donors (Lipinski definition) is 1. The van der Waals surface area contributed by atoms with Crippen LogP contribution in [0.1, 0.15) is 44.2 Å². The Kier molecular flexibility index (Phi) is 2.46. The van der Waals surface area contributed by atoms with E-state index in [0.717, 1.165) is 35.0 Å². The molecule has 20 heavy (non-hydrogen) atoms. The third-order valence-electron chi connectivity index (χ3n) is 6.27. The van der Waals surface area contributed by atoms with Gasteiger partial charge < -0.3 is 10.6 Å². The second-order valence-electron chi connectivity index (χ2n) is 7.65. The van der Waals surface area contributed by atoms with Gasteiger partial charge in [0.05, 0.1) is 11.4 Å². The fourth-order valence-corrected chi connectivity index (χ4v) is 5.76. The van der Waals surface area contributed by atoms with Crippen LogP contribution in [0.3, 0.4) is 0 Å². The average Bonchev–Trinajstić information content (AvgIpc) is 2.60. The molecule has 0 spiro atoms. The molecule has 0 amide bonds. The minimum Gasteiger partial charge on any atom is -0.394 e. The van der Waals surface area contributed by atoms with Crippen LogP contribution in [0.5, 0.6) is 0 Å². The van der Waals surface area contributed by atoms with E-state index in [-0.39, 0.29) is 0 Å². The molecule has 4 nitrogen and oxygen atoms in total. The van der Waals surface area contributed by atoms with E-state index in [0.29, 0.717) is 5.54 Å². The lowest BCUT2D eigenvalue weighted by atomic mass is 9.52. The van der Waals surface area contributed by atoms with Gasteiger partial charge in [0.15, 0.2) is 5.82 Å². The smallest absolute Gasteiger partial charge is 0.150 e. The highest BCUT2D eigenvalue weighted by Gasteiger charge is 2.53. The molecule has 0 radical (unpaired) electrons. The molecule has 5 rings (SSSR count). The molecule has 0 unspecified atom stereocenters. The Balaban J connectivity index is 1.73. The fraction of sp³-hybridized carbons (Fsp3) is 0.812. The van der Waals surface area contributed by atoms with Gasteiger partial charge in [0.1, 0.15) is 0 Å². The summed E-state index contributed by atoms with van der Waals surface area (Å²) in [4.78, 5) is 2.49. The van der Waals surface area contributed by atoms with Crippen molar-refractivity contribution in [3.8, 4) is 0 Å². The number of anilines is 2. The largest absolute Gasteiger partial charge is 0.394 e. The lowest BCUT2D eigenvalue weighted by Gasteiger charge is -2.60. The first-order chi connectivity index (χ1) is 9.48. The molecule has 1 heterocycles. The van der Waals surface area contributed by atoms with E-state index in [2.05, 4.69) is 17.0 Å². The van der Waals surface area contributed by atoms with Gasteiger partial charge in [-0.25, -0.2) is 0 Å². The van der Waals surface area contributed by atoms with Gasteiger partial charge in [-0.15, -0.1) is 0 Å². The molecule has 0 aliphatic heterocycles. The Hall–Kier alpha value is -1.19. The van der Waals surface area contributed by atoms with E-state index < -0.39 is 0 Å². The normalized spacial score (nSPS) is 38.5. The summed E-state index contributed by atoms with van der Waals surface area (Å²) in [6.45, 7) is 2.01. The van der Waals surface area contributed by atoms with Crippen molar-refractivity contribution in [2.45, 2.75) is 51.0 Å². The first-order valence-corrected chi connectivity index (χ1v) is 8.01. The molecule has 0 saturated heterocycles. The maximum Gasteiger partial charge on any atom is 0.150 e. The standard InChI is InChI=1S/C16H26N4/c1-10-14(17)15(20(3)18-10)19(2)16-7-11-4-12(8-16)6-13(5-11)9-16/h11-13H,4-9,17H2,1-3H3. The van der Waals surface area contributed by atoms with Crippen LogP contribution in [0.2, 0.25) is 0 Å². The molecule has 4 bridgehead atoms. The molecule has 1 aromatic heterocycles. The van der Waals surface area contributed by atoms with Crippen molar-refractivity contribution >= 4 is 11.5 Å². The molecule has 0 atom stereocenters. The van der Waals surface area contributed by atoms with E-state index in [1.165, 1.54) is 38.5 Å². The van der Waals surface area contributed by atoms with Crippen molar-refractivity contribution < 1.29 is 0 Å². The van der Waals surface area contributed by atoms with E-state index in [1.807, 2.05) is 18.7 Å². The van der Waals surface area contributed by atoms with Gasteiger partial charge in [-0.2, -0.15) is 5.10 Å². The predicted octanol–water partition coefficient (Wildman–Crippen LogP) is 2.72. The zero-order valence-corrected chi connectivity index (χ0v) is 12.9. The topological polar surface area (TPSA) is 47.1 Å². The number of nitrogens with zero attached hydrogens (tertiary/aromatic N) is 3. The van der Waals surface area contributed by atoms with Crippen LogP contribution in [0.25, 0.3) is 0 Å². The van der Waals surface area contributed by atoms with Crippen LogP contribution in [-0.4, -0.2) is 22.4 Å². The molecule has 4 heteroatoms. The van der Waals surface area contributed by atoms with E-state index in [1.54, 1.807) is 0 Å². The van der Waals surface area contributed by atoms with Crippen molar-refractivity contribution in [1.82, 2.24) is 9.78 Å². The van der Waals surface area contributed by atoms with Crippen molar-refractivity contribution in [2.75, 3.05) is 17.7 Å². The Morgan fingerprint density at radius 3 is 2.05 bits per heavy atom. The van der Waals surface area contributed by atoms with Crippen molar-refractivity contribution in [1.29, 1.82) is 0 Å². The Bertz CT molecular complexity index is 510. The van der Waals surface area contributed by atoms with Gasteiger partial charge >= 0.3 is 0 Å². The van der Waals surface area contributed by atoms with Crippen molar-refractivity contribution in [3.05, 3.63) is 5.69 Å². The third kappa shape index (κ3) is 1.57. The summed E-state index contributed by atoms with van der Waals surface area (Å²) in [7, 11) is 4.27. The lowest BCUT2D eigenvalue weighted by Crippen LogP contribution is -2.59. The molecule has 4 fully saturated rings. The Morgan fingerprint density at radius 2 is 1.65 bits per heavy atom. The predicted molar refractivity (Wildman–Crippen MR) is 81.7 cm³/mol. The van der Waals surface area contributed by atoms with Gasteiger partial charge in [-0.05, 0) is 63.2 Å². The molecular formula is C16H26N4. The fourth-order valence-electron chi connectivity index (χ4n) is 5.76. The molecule has 110 valence electrons. The highest BCUT2D eigenvalue weighted by molar-refractivity contribution is 5.67. The third-order valence-corrected chi connectivity index (χ3v) is 6.27. The molecule has 4 saturated carbocycles. The highest BCUT2D eigenvalue weighted by atomic mass is 15.4. The van der Waals surface area contributed by atoms with Gasteiger partial charge in [0, 0.05) is 19.6 Å². The minimum absolute atomic E-state index is 0.350. The molecule has 4 aliphatic rings. The van der Waals surface area contributed by atoms with Crippen LogP contribution < -0.4 is 10.6 Å². The Labute approximate surface area is 121 Å². The Morgan fingerprint density at radius 1 is 1.15 bits per heavy atom. The maximum absolute atomic E-state index is 6.30. The molecule has 1 aromatic rings. The number of rotatable bonds is 2. The zero-order chi connectivity index (χ0) is 14.1. The van der Waals surface area contributed by atoms with Crippen molar-refractivity contribution in [2.24, 2.45) is 24.8 Å². The van der Waals surface area contributed by atoms with Crippen LogP contribution >= 0.6 is 0 Å². The molecule has 0 aromatic carbocycles. The first kappa shape index (κ1) is 12.5. The second-order valence-corrected chi connectivity index (χ2v) is 7.65. The van der Waals surface area contributed by atoms with Gasteiger partial charge in [0.25, 0.3) is 0 Å². The average molecular weight is 274 g/mol. The highest BCUT2D eigenvalue weighted by Crippen LogP contribution is 2.58. The van der Waals surface area contributed by atoms with Crippen LogP contribution in [-0.2, 0) is 7.05 Å². The maximum atomic E-state index is 6.30. The second kappa shape index (κ2) is 3.92. The number of aryl methyl sites for hydroxylation is 2. The number of nitrogen functional groups attached to an aromatic ring is 1. The summed E-state index contributed by atoms with van der Waals surface area (Å²) < 4.78 is 1.98. The first-order valence-electron chi connectivity index (χ1n) is 8.01. The van der Waals surface area contributed by atoms with Gasteiger partial charge in [-0.1, -0.05) is 0 Å². The monoisotopic (exact) mass is 274 g/mol. The SMILES string of the molecule is Cc1nn(C)c(N(C)C23CC4CC(CC(C4)C2)C3)c1N. The number of hydrogen-bond acceptors (Lipinski definition) is 3. The van der Waals surface area contributed by atoms with Gasteiger partial charge in [0.2, 0.25) is 0 Å². The van der Waals surface area contributed by atoms with Crippen LogP contribution in [0.4, 0.5) is 11.5 Å². The van der Waals surface area contributed by atoms with E-state index in [9.17, 15) is 0 Å². The lowest BCUT2D eigenvalue weighted by molar-refractivity contribution is -0.00249. The quantitative estimate of drug-likeness (QED) is 0.902. The molecule has 4 aliphatic carbocycles. The summed E-state index contributed by atoms with van der Waals surface area (Å²) in [5.41, 5.74) is 8.47.